The van der Waals surface area contributed by atoms with Crippen LogP contribution in [0.3, 0.4) is 0 Å². The highest BCUT2D eigenvalue weighted by molar-refractivity contribution is 5.96. The smallest absolute Gasteiger partial charge is 0.160 e. The Hall–Kier alpha value is -1.31. The van der Waals surface area contributed by atoms with E-state index in [0.717, 1.165) is 24.2 Å². The molecule has 86 valence electrons. The molecule has 1 aromatic rings. The van der Waals surface area contributed by atoms with Crippen molar-refractivity contribution in [1.29, 1.82) is 0 Å². The van der Waals surface area contributed by atoms with Crippen molar-refractivity contribution in [2.45, 2.75) is 33.1 Å². The molecule has 0 unspecified atom stereocenters. The number of hydrogen-bond acceptors (Lipinski definition) is 2. The molecule has 1 aliphatic rings. The summed E-state index contributed by atoms with van der Waals surface area (Å²) in [5, 5.41) is 0. The zero-order chi connectivity index (χ0) is 11.5. The lowest BCUT2D eigenvalue weighted by Gasteiger charge is -2.30. The van der Waals surface area contributed by atoms with Gasteiger partial charge in [-0.3, -0.25) is 4.79 Å². The maximum atomic E-state index is 11.5. The van der Waals surface area contributed by atoms with Gasteiger partial charge in [0.2, 0.25) is 0 Å². The fourth-order valence-corrected chi connectivity index (χ4v) is 2.48. The van der Waals surface area contributed by atoms with Crippen molar-refractivity contribution >= 4 is 11.5 Å². The Morgan fingerprint density at radius 1 is 1.19 bits per heavy atom. The molecule has 0 aliphatic carbocycles. The first-order valence-corrected chi connectivity index (χ1v) is 6.05. The molecule has 0 bridgehead atoms. The average Bonchev–Trinajstić information content (AvgIpc) is 2.30. The number of piperidine rings is 1. The number of Topliss-reactive ketones (excluding diaryl/α,β-unsaturated/α-hetero) is 1. The van der Waals surface area contributed by atoms with E-state index in [1.807, 2.05) is 12.1 Å². The molecule has 2 nitrogen and oxygen atoms in total. The first-order chi connectivity index (χ1) is 7.70. The third-order valence-corrected chi connectivity index (χ3v) is 3.38. The summed E-state index contributed by atoms with van der Waals surface area (Å²) in [7, 11) is 0. The molecule has 0 spiro atoms. The molecule has 1 heterocycles. The van der Waals surface area contributed by atoms with Crippen molar-refractivity contribution in [2.24, 2.45) is 0 Å². The van der Waals surface area contributed by atoms with E-state index < -0.39 is 0 Å². The fourth-order valence-electron chi connectivity index (χ4n) is 2.48. The van der Waals surface area contributed by atoms with Crippen molar-refractivity contribution in [3.8, 4) is 0 Å². The summed E-state index contributed by atoms with van der Waals surface area (Å²) in [6.07, 6.45) is 3.87. The number of hydrogen-bond donors (Lipinski definition) is 0. The van der Waals surface area contributed by atoms with Crippen LogP contribution in [0.4, 0.5) is 5.69 Å². The number of nitrogens with zero attached hydrogens (tertiary/aromatic N) is 1. The van der Waals surface area contributed by atoms with Gasteiger partial charge in [0, 0.05) is 24.3 Å². The number of carbonyl (C=O) groups is 1. The van der Waals surface area contributed by atoms with Crippen molar-refractivity contribution in [1.82, 2.24) is 0 Å². The lowest BCUT2D eigenvalue weighted by atomic mass is 10.0. The molecule has 1 saturated heterocycles. The summed E-state index contributed by atoms with van der Waals surface area (Å²) in [5.74, 6) is 0.163. The van der Waals surface area contributed by atoms with E-state index in [1.54, 1.807) is 6.92 Å². The van der Waals surface area contributed by atoms with Gasteiger partial charge in [-0.15, -0.1) is 0 Å². The first kappa shape index (κ1) is 11.2. The van der Waals surface area contributed by atoms with E-state index >= 15 is 0 Å². The lowest BCUT2D eigenvalue weighted by molar-refractivity contribution is 0.101. The topological polar surface area (TPSA) is 20.3 Å². The Morgan fingerprint density at radius 2 is 1.88 bits per heavy atom. The van der Waals surface area contributed by atoms with Crippen LogP contribution in [0, 0.1) is 6.92 Å². The summed E-state index contributed by atoms with van der Waals surface area (Å²) >= 11 is 0. The molecule has 2 rings (SSSR count). The Labute approximate surface area is 97.3 Å². The Balaban J connectivity index is 2.33. The van der Waals surface area contributed by atoms with Gasteiger partial charge in [-0.1, -0.05) is 12.1 Å². The third kappa shape index (κ3) is 2.11. The van der Waals surface area contributed by atoms with Gasteiger partial charge < -0.3 is 4.90 Å². The van der Waals surface area contributed by atoms with E-state index in [4.69, 9.17) is 0 Å². The Morgan fingerprint density at radius 3 is 2.50 bits per heavy atom. The maximum Gasteiger partial charge on any atom is 0.160 e. The highest BCUT2D eigenvalue weighted by Crippen LogP contribution is 2.26. The van der Waals surface area contributed by atoms with E-state index in [1.165, 1.54) is 24.9 Å². The van der Waals surface area contributed by atoms with Gasteiger partial charge in [-0.05, 0) is 44.7 Å². The molecule has 0 aromatic heterocycles. The van der Waals surface area contributed by atoms with Crippen LogP contribution in [0.5, 0.6) is 0 Å². The third-order valence-electron chi connectivity index (χ3n) is 3.38. The average molecular weight is 217 g/mol. The molecule has 1 fully saturated rings. The minimum absolute atomic E-state index is 0.163. The van der Waals surface area contributed by atoms with Crippen molar-refractivity contribution < 1.29 is 4.79 Å². The second-order valence-electron chi connectivity index (χ2n) is 4.55. The lowest BCUT2D eigenvalue weighted by Crippen LogP contribution is -2.30. The van der Waals surface area contributed by atoms with Gasteiger partial charge in [-0.25, -0.2) is 0 Å². The predicted octanol–water partition coefficient (Wildman–Crippen LogP) is 3.19. The van der Waals surface area contributed by atoms with Crippen LogP contribution >= 0.6 is 0 Å². The molecule has 1 aliphatic heterocycles. The van der Waals surface area contributed by atoms with Gasteiger partial charge in [0.1, 0.15) is 0 Å². The molecule has 0 radical (unpaired) electrons. The maximum absolute atomic E-state index is 11.5. The molecule has 1 aromatic carbocycles. The Bertz CT molecular complexity index is 392. The summed E-state index contributed by atoms with van der Waals surface area (Å²) in [5.41, 5.74) is 3.24. The van der Waals surface area contributed by atoms with Crippen LogP contribution in [0.1, 0.15) is 42.1 Å². The molecular weight excluding hydrogens is 198 g/mol. The predicted molar refractivity (Wildman–Crippen MR) is 67.2 cm³/mol. The van der Waals surface area contributed by atoms with Crippen LogP contribution < -0.4 is 4.90 Å². The molecule has 16 heavy (non-hydrogen) atoms. The second kappa shape index (κ2) is 4.69. The van der Waals surface area contributed by atoms with Crippen LogP contribution in [-0.2, 0) is 0 Å². The fraction of sp³-hybridized carbons (Fsp3) is 0.500. The minimum Gasteiger partial charge on any atom is -0.371 e. The van der Waals surface area contributed by atoms with Gasteiger partial charge >= 0.3 is 0 Å². The van der Waals surface area contributed by atoms with Gasteiger partial charge in [-0.2, -0.15) is 0 Å². The quantitative estimate of drug-likeness (QED) is 0.709. The number of benzene rings is 1. The normalized spacial score (nSPS) is 16.2. The number of ketones is 1. The van der Waals surface area contributed by atoms with Crippen LogP contribution in [0.15, 0.2) is 18.2 Å². The first-order valence-electron chi connectivity index (χ1n) is 6.05. The van der Waals surface area contributed by atoms with E-state index in [-0.39, 0.29) is 5.78 Å². The van der Waals surface area contributed by atoms with Crippen molar-refractivity contribution in [3.63, 3.8) is 0 Å². The summed E-state index contributed by atoms with van der Waals surface area (Å²) < 4.78 is 0. The summed E-state index contributed by atoms with van der Waals surface area (Å²) in [4.78, 5) is 13.9. The van der Waals surface area contributed by atoms with E-state index in [2.05, 4.69) is 17.9 Å². The standard InChI is InChI=1S/C14H19NO/c1-11-13(12(2)16)7-6-8-14(11)15-9-4-3-5-10-15/h6-8H,3-5,9-10H2,1-2H3. The number of anilines is 1. The van der Waals surface area contributed by atoms with Crippen LogP contribution in [0.25, 0.3) is 0 Å². The molecule has 0 N–H and O–H groups in total. The number of rotatable bonds is 2. The highest BCUT2D eigenvalue weighted by atomic mass is 16.1. The van der Waals surface area contributed by atoms with Crippen LogP contribution in [0.2, 0.25) is 0 Å². The highest BCUT2D eigenvalue weighted by Gasteiger charge is 2.15. The van der Waals surface area contributed by atoms with Crippen molar-refractivity contribution in [3.05, 3.63) is 29.3 Å². The van der Waals surface area contributed by atoms with Crippen molar-refractivity contribution in [2.75, 3.05) is 18.0 Å². The SMILES string of the molecule is CC(=O)c1cccc(N2CCCCC2)c1C. The molecule has 0 amide bonds. The molecular formula is C14H19NO. The summed E-state index contributed by atoms with van der Waals surface area (Å²) in [6.45, 7) is 5.95. The molecule has 0 atom stereocenters. The molecule has 2 heteroatoms. The van der Waals surface area contributed by atoms with E-state index in [9.17, 15) is 4.79 Å². The number of carbonyl (C=O) groups excluding carboxylic acids is 1. The zero-order valence-electron chi connectivity index (χ0n) is 10.1. The van der Waals surface area contributed by atoms with E-state index in [0.29, 0.717) is 0 Å². The summed E-state index contributed by atoms with van der Waals surface area (Å²) in [6, 6.07) is 6.05. The molecule has 0 saturated carbocycles. The van der Waals surface area contributed by atoms with Gasteiger partial charge in [0.05, 0.1) is 0 Å². The largest absolute Gasteiger partial charge is 0.371 e. The Kier molecular flexibility index (Phi) is 3.28. The second-order valence-corrected chi connectivity index (χ2v) is 4.55. The van der Waals surface area contributed by atoms with Gasteiger partial charge in [0.25, 0.3) is 0 Å². The van der Waals surface area contributed by atoms with Crippen LogP contribution in [-0.4, -0.2) is 18.9 Å². The van der Waals surface area contributed by atoms with Gasteiger partial charge in [0.15, 0.2) is 5.78 Å². The zero-order valence-corrected chi connectivity index (χ0v) is 10.1. The minimum atomic E-state index is 0.163. The monoisotopic (exact) mass is 217 g/mol.